The summed E-state index contributed by atoms with van der Waals surface area (Å²) in [5.74, 6) is -1.52. The van der Waals surface area contributed by atoms with Crippen molar-refractivity contribution in [3.05, 3.63) is 28.3 Å². The maximum atomic E-state index is 12.1. The van der Waals surface area contributed by atoms with E-state index in [-0.39, 0.29) is 17.8 Å². The van der Waals surface area contributed by atoms with Crippen LogP contribution < -0.4 is 15.4 Å². The minimum Gasteiger partial charge on any atom is -0.494 e. The predicted octanol–water partition coefficient (Wildman–Crippen LogP) is 1.40. The van der Waals surface area contributed by atoms with Gasteiger partial charge in [0, 0.05) is 13.7 Å². The first-order valence-corrected chi connectivity index (χ1v) is 8.05. The number of nitro benzene ring substituents is 1. The van der Waals surface area contributed by atoms with Crippen LogP contribution in [0.2, 0.25) is 0 Å². The van der Waals surface area contributed by atoms with Crippen molar-refractivity contribution in [3.8, 4) is 5.75 Å². The van der Waals surface area contributed by atoms with E-state index in [1.54, 1.807) is 6.92 Å². The molecule has 1 amide bonds. The highest BCUT2D eigenvalue weighted by Crippen LogP contribution is 2.29. The minimum absolute atomic E-state index is 0.0213. The molecule has 0 heterocycles. The van der Waals surface area contributed by atoms with Crippen LogP contribution in [0.4, 0.5) is 11.4 Å². The van der Waals surface area contributed by atoms with E-state index in [1.165, 1.54) is 25.3 Å². The average molecular weight is 369 g/mol. The largest absolute Gasteiger partial charge is 0.494 e. The normalized spacial score (nSPS) is 11.6. The summed E-state index contributed by atoms with van der Waals surface area (Å²) in [6.45, 7) is 2.91. The number of nitrogens with one attached hydrogen (secondary N) is 2. The summed E-state index contributed by atoms with van der Waals surface area (Å²) in [5.41, 5.74) is -0.351. The zero-order chi connectivity index (χ0) is 19.5. The molecular weight excluding hydrogens is 346 g/mol. The second-order valence-electron chi connectivity index (χ2n) is 5.31. The van der Waals surface area contributed by atoms with Crippen molar-refractivity contribution in [2.75, 3.05) is 32.2 Å². The van der Waals surface area contributed by atoms with Gasteiger partial charge in [0.2, 0.25) is 5.91 Å². The van der Waals surface area contributed by atoms with Crippen LogP contribution in [0.3, 0.4) is 0 Å². The number of ether oxygens (including phenoxy) is 2. The summed E-state index contributed by atoms with van der Waals surface area (Å²) in [6.07, 6.45) is 0.221. The van der Waals surface area contributed by atoms with Crippen molar-refractivity contribution >= 4 is 23.3 Å². The van der Waals surface area contributed by atoms with Gasteiger partial charge in [0.05, 0.1) is 24.0 Å². The van der Waals surface area contributed by atoms with E-state index in [1.807, 2.05) is 0 Å². The number of hydrogen-bond acceptors (Lipinski definition) is 7. The number of methoxy groups -OCH3 is 1. The number of hydrogen-bond donors (Lipinski definition) is 3. The van der Waals surface area contributed by atoms with Gasteiger partial charge in [0.1, 0.15) is 17.5 Å². The number of carboxylic acids is 1. The number of benzene rings is 1. The zero-order valence-electron chi connectivity index (χ0n) is 14.7. The molecule has 0 aliphatic heterocycles. The number of nitrogens with zero attached hydrogens (tertiary/aromatic N) is 1. The van der Waals surface area contributed by atoms with E-state index in [9.17, 15) is 24.8 Å². The van der Waals surface area contributed by atoms with Crippen LogP contribution in [0, 0.1) is 10.1 Å². The molecule has 3 N–H and O–H groups in total. The molecule has 0 aliphatic carbocycles. The molecule has 1 aromatic carbocycles. The second-order valence-corrected chi connectivity index (χ2v) is 5.31. The van der Waals surface area contributed by atoms with Crippen molar-refractivity contribution in [1.29, 1.82) is 0 Å². The molecule has 1 aromatic rings. The lowest BCUT2D eigenvalue weighted by atomic mass is 10.1. The van der Waals surface area contributed by atoms with Gasteiger partial charge >= 0.3 is 5.97 Å². The van der Waals surface area contributed by atoms with Crippen LogP contribution in [0.1, 0.15) is 19.8 Å². The lowest BCUT2D eigenvalue weighted by molar-refractivity contribution is -0.384. The van der Waals surface area contributed by atoms with Crippen LogP contribution in [-0.2, 0) is 14.3 Å². The van der Waals surface area contributed by atoms with Gasteiger partial charge < -0.3 is 25.2 Å². The molecule has 1 rings (SSSR count). The number of rotatable bonds is 12. The molecule has 0 saturated heterocycles. The van der Waals surface area contributed by atoms with Gasteiger partial charge in [-0.3, -0.25) is 19.7 Å². The van der Waals surface area contributed by atoms with E-state index < -0.39 is 22.8 Å². The van der Waals surface area contributed by atoms with Crippen molar-refractivity contribution in [2.24, 2.45) is 0 Å². The molecule has 0 aliphatic rings. The van der Waals surface area contributed by atoms with E-state index in [4.69, 9.17) is 9.47 Å². The Bertz CT molecular complexity index is 636. The molecule has 0 saturated carbocycles. The maximum absolute atomic E-state index is 12.1. The third-order valence-electron chi connectivity index (χ3n) is 3.35. The highest BCUT2D eigenvalue weighted by atomic mass is 16.6. The number of carboxylic acid groups (broad SMARTS) is 1. The van der Waals surface area contributed by atoms with E-state index in [0.717, 1.165) is 0 Å². The average Bonchev–Trinajstić information content (AvgIpc) is 2.58. The summed E-state index contributed by atoms with van der Waals surface area (Å²) in [4.78, 5) is 33.9. The van der Waals surface area contributed by atoms with Gasteiger partial charge in [-0.2, -0.15) is 0 Å². The highest BCUT2D eigenvalue weighted by molar-refractivity contribution is 5.95. The third kappa shape index (κ3) is 7.03. The van der Waals surface area contributed by atoms with E-state index in [0.29, 0.717) is 31.9 Å². The van der Waals surface area contributed by atoms with Gasteiger partial charge in [-0.05, 0) is 32.0 Å². The number of nitro groups is 1. The molecule has 0 spiro atoms. The Morgan fingerprint density at radius 3 is 2.69 bits per heavy atom. The minimum atomic E-state index is -1.18. The van der Waals surface area contributed by atoms with Crippen molar-refractivity contribution in [1.82, 2.24) is 5.32 Å². The van der Waals surface area contributed by atoms with Crippen LogP contribution in [-0.4, -0.2) is 54.8 Å². The molecule has 0 fully saturated rings. The molecule has 0 bridgehead atoms. The van der Waals surface area contributed by atoms with Crippen molar-refractivity contribution < 1.29 is 29.1 Å². The van der Waals surface area contributed by atoms with Crippen LogP contribution >= 0.6 is 0 Å². The van der Waals surface area contributed by atoms with Gasteiger partial charge in [-0.25, -0.2) is 0 Å². The van der Waals surface area contributed by atoms with Crippen LogP contribution in [0.5, 0.6) is 5.75 Å². The fourth-order valence-corrected chi connectivity index (χ4v) is 2.15. The Balaban J connectivity index is 2.75. The summed E-state index contributed by atoms with van der Waals surface area (Å²) in [5, 5.41) is 25.5. The van der Waals surface area contributed by atoms with E-state index in [2.05, 4.69) is 10.6 Å². The van der Waals surface area contributed by atoms with Gasteiger partial charge in [0.25, 0.3) is 5.69 Å². The van der Waals surface area contributed by atoms with Gasteiger partial charge in [0.15, 0.2) is 0 Å². The quantitative estimate of drug-likeness (QED) is 0.285. The molecular formula is C16H23N3O7. The Hall–Kier alpha value is -2.72. The fraction of sp³-hybridized carbons (Fsp3) is 0.500. The zero-order valence-corrected chi connectivity index (χ0v) is 14.7. The van der Waals surface area contributed by atoms with Gasteiger partial charge in [-0.15, -0.1) is 0 Å². The summed E-state index contributed by atoms with van der Waals surface area (Å²) < 4.78 is 10.1. The molecule has 26 heavy (non-hydrogen) atoms. The topological polar surface area (TPSA) is 140 Å². The number of anilines is 1. The fourth-order valence-electron chi connectivity index (χ4n) is 2.15. The van der Waals surface area contributed by atoms with Crippen LogP contribution in [0.15, 0.2) is 18.2 Å². The lowest BCUT2D eigenvalue weighted by Gasteiger charge is -2.14. The Labute approximate surface area is 150 Å². The van der Waals surface area contributed by atoms with Crippen LogP contribution in [0.25, 0.3) is 0 Å². The maximum Gasteiger partial charge on any atom is 0.321 e. The monoisotopic (exact) mass is 369 g/mol. The smallest absolute Gasteiger partial charge is 0.321 e. The highest BCUT2D eigenvalue weighted by Gasteiger charge is 2.23. The molecule has 0 unspecified atom stereocenters. The third-order valence-corrected chi connectivity index (χ3v) is 3.35. The van der Waals surface area contributed by atoms with Crippen molar-refractivity contribution in [2.45, 2.75) is 25.8 Å². The molecule has 1 atom stereocenters. The molecule has 10 heteroatoms. The molecule has 0 radical (unpaired) electrons. The predicted molar refractivity (Wildman–Crippen MR) is 93.4 cm³/mol. The number of amides is 1. The molecule has 10 nitrogen and oxygen atoms in total. The number of carbonyl (C=O) groups excluding carboxylic acids is 1. The number of carbonyl (C=O) groups is 2. The summed E-state index contributed by atoms with van der Waals surface area (Å²) in [6, 6.07) is 2.94. The first-order valence-electron chi connectivity index (χ1n) is 8.05. The SMILES string of the molecule is CCOc1ccc(NC(=O)C[C@@H](NCCCOC)C(=O)O)c([N+](=O)[O-])c1. The second kappa shape index (κ2) is 11.0. The first-order chi connectivity index (χ1) is 12.4. The Morgan fingerprint density at radius 1 is 1.38 bits per heavy atom. The van der Waals surface area contributed by atoms with Crippen molar-refractivity contribution in [3.63, 3.8) is 0 Å². The summed E-state index contributed by atoms with van der Waals surface area (Å²) >= 11 is 0. The Kier molecular flexibility index (Phi) is 9.02. The summed E-state index contributed by atoms with van der Waals surface area (Å²) in [7, 11) is 1.53. The van der Waals surface area contributed by atoms with E-state index >= 15 is 0 Å². The Morgan fingerprint density at radius 2 is 2.12 bits per heavy atom. The first kappa shape index (κ1) is 21.3. The lowest BCUT2D eigenvalue weighted by Crippen LogP contribution is -2.40. The molecule has 144 valence electrons. The number of aliphatic carboxylic acids is 1. The standard InChI is InChI=1S/C16H23N3O7/c1-3-26-11-5-6-12(14(9-11)19(23)24)18-15(20)10-13(16(21)22)17-7-4-8-25-2/h5-6,9,13,17H,3-4,7-8,10H2,1-2H3,(H,18,20)(H,21,22)/t13-/m1/s1. The van der Waals surface area contributed by atoms with Gasteiger partial charge in [-0.1, -0.05) is 0 Å². The molecule has 0 aromatic heterocycles.